The highest BCUT2D eigenvalue weighted by Gasteiger charge is 2.41. The molecule has 11 heteroatoms. The first-order valence-corrected chi connectivity index (χ1v) is 22.4. The fourth-order valence-corrected chi connectivity index (χ4v) is 7.63. The van der Waals surface area contributed by atoms with Crippen LogP contribution in [0, 0.1) is 23.2 Å². The van der Waals surface area contributed by atoms with Gasteiger partial charge in [-0.3, -0.25) is 24.0 Å². The number of rotatable bonds is 32. The molecular weight excluding hydrogens is 728 g/mol. The minimum Gasteiger partial charge on any atom is -0.465 e. The summed E-state index contributed by atoms with van der Waals surface area (Å²) in [5, 5.41) is 10.6. The summed E-state index contributed by atoms with van der Waals surface area (Å²) in [6, 6.07) is 0. The van der Waals surface area contributed by atoms with E-state index in [1.54, 1.807) is 0 Å². The smallest absolute Gasteiger partial charge is 0.309 e. The van der Waals surface area contributed by atoms with E-state index in [0.717, 1.165) is 64.2 Å². The van der Waals surface area contributed by atoms with Gasteiger partial charge in [0, 0.05) is 25.7 Å². The van der Waals surface area contributed by atoms with E-state index in [4.69, 9.17) is 23.7 Å². The molecule has 11 nitrogen and oxygen atoms in total. The van der Waals surface area contributed by atoms with Crippen LogP contribution in [0.25, 0.3) is 0 Å². The zero-order valence-corrected chi connectivity index (χ0v) is 35.5. The Balaban J connectivity index is 1.81. The number of hydrogen-bond donors (Lipinski definition) is 1. The summed E-state index contributed by atoms with van der Waals surface area (Å²) in [5.41, 5.74) is -1.34. The van der Waals surface area contributed by atoms with E-state index in [2.05, 4.69) is 26.0 Å². The molecule has 2 rings (SSSR count). The van der Waals surface area contributed by atoms with Gasteiger partial charge in [0.15, 0.2) is 0 Å². The number of aliphatic hydroxyl groups excluding tert-OH is 1. The Morgan fingerprint density at radius 2 is 0.965 bits per heavy atom. The van der Waals surface area contributed by atoms with Gasteiger partial charge in [0.25, 0.3) is 0 Å². The van der Waals surface area contributed by atoms with Crippen molar-refractivity contribution in [3.63, 3.8) is 0 Å². The average molecular weight is 805 g/mol. The van der Waals surface area contributed by atoms with Crippen LogP contribution >= 0.6 is 0 Å². The zero-order chi connectivity index (χ0) is 41.4. The van der Waals surface area contributed by atoms with E-state index in [1.165, 1.54) is 32.1 Å². The molecule has 0 heterocycles. The Hall–Kier alpha value is -3.21. The van der Waals surface area contributed by atoms with E-state index in [1.807, 2.05) is 12.2 Å². The molecule has 0 bridgehead atoms. The van der Waals surface area contributed by atoms with Crippen molar-refractivity contribution >= 4 is 29.8 Å². The lowest BCUT2D eigenvalue weighted by atomic mass is 9.65. The Labute approximate surface area is 343 Å². The van der Waals surface area contributed by atoms with E-state index in [0.29, 0.717) is 63.6 Å². The Morgan fingerprint density at radius 1 is 0.526 bits per heavy atom. The average Bonchev–Trinajstić information content (AvgIpc) is 3.22. The first-order valence-electron chi connectivity index (χ1n) is 22.4. The van der Waals surface area contributed by atoms with Crippen LogP contribution in [0.2, 0.25) is 0 Å². The van der Waals surface area contributed by atoms with Crippen molar-refractivity contribution in [3.05, 3.63) is 24.3 Å². The maximum atomic E-state index is 13.4. The number of aliphatic hydroxyl groups is 1. The number of unbranched alkanes of at least 4 members (excludes halogenated alkanes) is 8. The normalized spacial score (nSPS) is 18.3. The molecule has 0 radical (unpaired) electrons. The number of fused-ring (bicyclic) bond motifs is 1. The molecular formula is C46H76O11. The lowest BCUT2D eigenvalue weighted by molar-refractivity contribution is -0.170. The molecule has 2 aliphatic rings. The van der Waals surface area contributed by atoms with Crippen LogP contribution in [0.15, 0.2) is 24.3 Å². The summed E-state index contributed by atoms with van der Waals surface area (Å²) in [6.45, 7) is 3.57. The zero-order valence-electron chi connectivity index (χ0n) is 35.5. The fraction of sp³-hybridized carbons (Fsp3) is 0.804. The minimum atomic E-state index is -1.34. The molecule has 0 spiro atoms. The van der Waals surface area contributed by atoms with E-state index in [9.17, 15) is 29.1 Å². The molecule has 1 N–H and O–H groups in total. The summed E-state index contributed by atoms with van der Waals surface area (Å²) in [6.07, 6.45) is 28.4. The molecule has 0 amide bonds. The predicted molar refractivity (Wildman–Crippen MR) is 220 cm³/mol. The third-order valence-electron chi connectivity index (χ3n) is 11.2. The first-order chi connectivity index (χ1) is 27.7. The van der Waals surface area contributed by atoms with Crippen molar-refractivity contribution < 1.29 is 52.8 Å². The Morgan fingerprint density at radius 3 is 1.46 bits per heavy atom. The van der Waals surface area contributed by atoms with Crippen molar-refractivity contribution in [1.82, 2.24) is 0 Å². The second-order valence-electron chi connectivity index (χ2n) is 16.2. The van der Waals surface area contributed by atoms with Crippen LogP contribution in [0.5, 0.6) is 0 Å². The second-order valence-corrected chi connectivity index (χ2v) is 16.2. The molecule has 3 unspecified atom stereocenters. The van der Waals surface area contributed by atoms with Crippen molar-refractivity contribution in [1.29, 1.82) is 0 Å². The Kier molecular flexibility index (Phi) is 27.8. The van der Waals surface area contributed by atoms with Gasteiger partial charge < -0.3 is 28.8 Å². The lowest BCUT2D eigenvalue weighted by Gasteiger charge is -2.40. The SMILES string of the molecule is CCCCC/C=C\CCOC(=O)CCCCC(=O)OCC(CO)(COC(=O)CCCCC(=O)OCC/C=C\CCCCC)COC(=O)C1CCCC2CCCCC21. The van der Waals surface area contributed by atoms with E-state index in [-0.39, 0.29) is 69.3 Å². The number of ether oxygens (including phenoxy) is 5. The summed E-state index contributed by atoms with van der Waals surface area (Å²) in [7, 11) is 0. The van der Waals surface area contributed by atoms with Gasteiger partial charge >= 0.3 is 29.8 Å². The molecule has 2 aliphatic carbocycles. The van der Waals surface area contributed by atoms with Crippen LogP contribution in [-0.4, -0.2) is 74.6 Å². The predicted octanol–water partition coefficient (Wildman–Crippen LogP) is 9.46. The number of hydrogen-bond acceptors (Lipinski definition) is 11. The maximum Gasteiger partial charge on any atom is 0.309 e. The van der Waals surface area contributed by atoms with Gasteiger partial charge in [0.1, 0.15) is 19.8 Å². The number of allylic oxidation sites excluding steroid dienone is 2. The van der Waals surface area contributed by atoms with Crippen LogP contribution in [0.4, 0.5) is 0 Å². The van der Waals surface area contributed by atoms with Crippen LogP contribution in [-0.2, 0) is 47.7 Å². The molecule has 0 aromatic heterocycles. The number of carbonyl (C=O) groups is 5. The molecule has 0 saturated heterocycles. The van der Waals surface area contributed by atoms with Crippen molar-refractivity contribution in [2.24, 2.45) is 23.2 Å². The van der Waals surface area contributed by atoms with Gasteiger partial charge in [0.2, 0.25) is 0 Å². The summed E-state index contributed by atoms with van der Waals surface area (Å²) >= 11 is 0. The maximum absolute atomic E-state index is 13.4. The van der Waals surface area contributed by atoms with Gasteiger partial charge in [-0.15, -0.1) is 0 Å². The topological polar surface area (TPSA) is 152 Å². The molecule has 2 saturated carbocycles. The van der Waals surface area contributed by atoms with Crippen LogP contribution in [0.1, 0.15) is 174 Å². The van der Waals surface area contributed by atoms with Crippen LogP contribution < -0.4 is 0 Å². The third-order valence-corrected chi connectivity index (χ3v) is 11.2. The number of esters is 5. The van der Waals surface area contributed by atoms with Crippen LogP contribution in [0.3, 0.4) is 0 Å². The summed E-state index contributed by atoms with van der Waals surface area (Å²) in [5.74, 6) is -1.36. The summed E-state index contributed by atoms with van der Waals surface area (Å²) in [4.78, 5) is 63.2. The van der Waals surface area contributed by atoms with Crippen molar-refractivity contribution in [2.45, 2.75) is 174 Å². The third kappa shape index (κ3) is 23.1. The standard InChI is InChI=1S/C46H76O11/c1-3-5-7-9-11-13-21-32-53-41(48)28-17-19-30-43(50)55-35-46(34-47,37-57-45(52)40-27-23-25-38-24-15-16-26-39(38)40)36-56-44(51)31-20-18-29-42(49)54-33-22-14-12-10-8-6-4-2/h11-14,38-40,47H,3-10,15-37H2,1-2H3/b13-11-,14-12-. The highest BCUT2D eigenvalue weighted by atomic mass is 16.6. The molecule has 0 aliphatic heterocycles. The van der Waals surface area contributed by atoms with Gasteiger partial charge in [-0.1, -0.05) is 95.9 Å². The van der Waals surface area contributed by atoms with Crippen molar-refractivity contribution in [2.75, 3.05) is 39.6 Å². The Bertz CT molecular complexity index is 1130. The molecule has 0 aromatic carbocycles. The van der Waals surface area contributed by atoms with E-state index >= 15 is 0 Å². The first kappa shape index (κ1) is 49.9. The van der Waals surface area contributed by atoms with Gasteiger partial charge in [0.05, 0.1) is 31.2 Å². The second kappa shape index (κ2) is 31.7. The molecule has 57 heavy (non-hydrogen) atoms. The van der Waals surface area contributed by atoms with Gasteiger partial charge in [-0.25, -0.2) is 0 Å². The molecule has 0 aromatic rings. The van der Waals surface area contributed by atoms with Gasteiger partial charge in [-0.2, -0.15) is 0 Å². The molecule has 2 fully saturated rings. The summed E-state index contributed by atoms with van der Waals surface area (Å²) < 4.78 is 27.5. The highest BCUT2D eigenvalue weighted by molar-refractivity contribution is 5.73. The number of carbonyl (C=O) groups excluding carboxylic acids is 5. The quantitative estimate of drug-likeness (QED) is 0.0300. The fourth-order valence-electron chi connectivity index (χ4n) is 7.63. The van der Waals surface area contributed by atoms with Crippen molar-refractivity contribution in [3.8, 4) is 0 Å². The molecule has 3 atom stereocenters. The monoisotopic (exact) mass is 805 g/mol. The lowest BCUT2D eigenvalue weighted by Crippen LogP contribution is -2.44. The van der Waals surface area contributed by atoms with E-state index < -0.39 is 24.0 Å². The highest BCUT2D eigenvalue weighted by Crippen LogP contribution is 2.44. The molecule has 326 valence electrons. The van der Waals surface area contributed by atoms with Gasteiger partial charge in [-0.05, 0) is 88.9 Å². The minimum absolute atomic E-state index is 0.0538. The largest absolute Gasteiger partial charge is 0.465 e.